The fourth-order valence-electron chi connectivity index (χ4n) is 5.09. The lowest BCUT2D eigenvalue weighted by Gasteiger charge is -2.28. The molecular formula is C41H57ClN4O11S. The van der Waals surface area contributed by atoms with Crippen molar-refractivity contribution < 1.29 is 51.4 Å². The summed E-state index contributed by atoms with van der Waals surface area (Å²) in [6, 6.07) is 11.2. The number of halogens is 1. The van der Waals surface area contributed by atoms with Crippen LogP contribution in [0.5, 0.6) is 0 Å². The average molecular weight is 849 g/mol. The molecule has 0 fully saturated rings. The van der Waals surface area contributed by atoms with E-state index in [4.69, 9.17) is 25.8 Å². The molecule has 2 aromatic carbocycles. The van der Waals surface area contributed by atoms with Gasteiger partial charge in [0.1, 0.15) is 40.3 Å². The quantitative estimate of drug-likeness (QED) is 0.114. The summed E-state index contributed by atoms with van der Waals surface area (Å²) in [5.74, 6) is -4.75. The Morgan fingerprint density at radius 3 is 1.71 bits per heavy atom. The number of alkyl carbamates (subject to hydrolysis) is 1. The predicted octanol–water partition coefficient (Wildman–Crippen LogP) is 5.13. The van der Waals surface area contributed by atoms with E-state index in [1.54, 1.807) is 116 Å². The Morgan fingerprint density at radius 2 is 1.21 bits per heavy atom. The molecule has 2 rings (SSSR count). The summed E-state index contributed by atoms with van der Waals surface area (Å²) < 4.78 is 41.1. The smallest absolute Gasteiger partial charge is 0.408 e. The van der Waals surface area contributed by atoms with Gasteiger partial charge in [-0.25, -0.2) is 13.2 Å². The first-order valence-electron chi connectivity index (χ1n) is 18.8. The number of ether oxygens (including phenoxy) is 3. The van der Waals surface area contributed by atoms with E-state index in [0.717, 1.165) is 6.08 Å². The zero-order valence-corrected chi connectivity index (χ0v) is 36.3. The number of carbonyl (C=O) groups is 6. The highest BCUT2D eigenvalue weighted by molar-refractivity contribution is 7.97. The Hall–Kier alpha value is -4.96. The van der Waals surface area contributed by atoms with Crippen LogP contribution < -0.4 is 21.3 Å². The van der Waals surface area contributed by atoms with Gasteiger partial charge < -0.3 is 35.5 Å². The van der Waals surface area contributed by atoms with E-state index in [1.165, 1.54) is 13.8 Å². The lowest BCUT2D eigenvalue weighted by Crippen LogP contribution is -2.56. The minimum Gasteiger partial charge on any atom is -0.460 e. The molecule has 4 N–H and O–H groups in total. The lowest BCUT2D eigenvalue weighted by molar-refractivity contribution is -0.157. The normalized spacial score (nSPS) is 14.3. The van der Waals surface area contributed by atoms with Crippen LogP contribution in [0, 0.1) is 5.92 Å². The number of nitrogens with one attached hydrogen (secondary N) is 4. The Kier molecular flexibility index (Phi) is 18.4. The zero-order valence-electron chi connectivity index (χ0n) is 34.7. The van der Waals surface area contributed by atoms with Crippen LogP contribution >= 0.6 is 11.6 Å². The third kappa shape index (κ3) is 17.3. The van der Waals surface area contributed by atoms with Gasteiger partial charge >= 0.3 is 18.0 Å². The lowest BCUT2D eigenvalue weighted by atomic mass is 10.00. The number of hydrogen-bond donors (Lipinski definition) is 4. The van der Waals surface area contributed by atoms with Gasteiger partial charge in [-0.15, -0.1) is 0 Å². The highest BCUT2D eigenvalue weighted by Crippen LogP contribution is 2.21. The number of rotatable bonds is 18. The molecule has 0 saturated heterocycles. The molecule has 0 saturated carbocycles. The maximum absolute atomic E-state index is 14.1. The predicted molar refractivity (Wildman–Crippen MR) is 218 cm³/mol. The molecule has 4 atom stereocenters. The third-order valence-electron chi connectivity index (χ3n) is 7.90. The molecule has 0 aliphatic heterocycles. The maximum atomic E-state index is 14.1. The van der Waals surface area contributed by atoms with Crippen LogP contribution in [-0.4, -0.2) is 78.7 Å². The van der Waals surface area contributed by atoms with Gasteiger partial charge in [-0.3, -0.25) is 24.0 Å². The molecule has 15 nitrogen and oxygen atoms in total. The van der Waals surface area contributed by atoms with Crippen LogP contribution in [0.4, 0.5) is 4.79 Å². The van der Waals surface area contributed by atoms with E-state index < -0.39 is 109 Å². The fraction of sp³-hybridized carbons (Fsp3) is 0.512. The summed E-state index contributed by atoms with van der Waals surface area (Å²) >= 11 is 6.21. The summed E-state index contributed by atoms with van der Waals surface area (Å²) in [5.41, 5.74) is -0.847. The van der Waals surface area contributed by atoms with E-state index in [1.807, 2.05) is 0 Å². The van der Waals surface area contributed by atoms with Crippen LogP contribution in [0.25, 0.3) is 0 Å². The van der Waals surface area contributed by atoms with E-state index in [9.17, 15) is 37.2 Å². The number of benzene rings is 2. The summed E-state index contributed by atoms with van der Waals surface area (Å²) in [7, 11) is -3.99. The number of carbonyl (C=O) groups excluding carboxylic acids is 6. The first kappa shape index (κ1) is 49.2. The monoisotopic (exact) mass is 848 g/mol. The SMILES string of the molecule is CC(C)[C@H](NC(=O)[C@@H](NC(=O)[C@H](CC(=O)OC(C)(C)C)NC(=O)OCc1ccccc1)c1ccccc1)C(=O)N[C@H](/C=C(\Cl)S(=O)(=O)C(C)C)CC(=O)OC(C)(C)C. The first-order chi connectivity index (χ1) is 26.8. The largest absolute Gasteiger partial charge is 0.460 e. The fourth-order valence-corrected chi connectivity index (χ4v) is 6.58. The second-order valence-electron chi connectivity index (χ2n) is 16.1. The van der Waals surface area contributed by atoms with Gasteiger partial charge in [0, 0.05) is 0 Å². The highest BCUT2D eigenvalue weighted by atomic mass is 35.5. The van der Waals surface area contributed by atoms with Crippen molar-refractivity contribution in [3.05, 3.63) is 82.2 Å². The van der Waals surface area contributed by atoms with Gasteiger partial charge in [0.2, 0.25) is 17.7 Å². The topological polar surface area (TPSA) is 212 Å². The van der Waals surface area contributed by atoms with E-state index in [-0.39, 0.29) is 12.2 Å². The van der Waals surface area contributed by atoms with Crippen molar-refractivity contribution in [1.29, 1.82) is 0 Å². The van der Waals surface area contributed by atoms with Crippen LogP contribution in [0.1, 0.15) is 99.2 Å². The van der Waals surface area contributed by atoms with Crippen molar-refractivity contribution in [1.82, 2.24) is 21.3 Å². The van der Waals surface area contributed by atoms with Crippen molar-refractivity contribution in [3.63, 3.8) is 0 Å². The average Bonchev–Trinajstić information content (AvgIpc) is 3.10. The molecule has 58 heavy (non-hydrogen) atoms. The van der Waals surface area contributed by atoms with Crippen LogP contribution in [0.2, 0.25) is 0 Å². The van der Waals surface area contributed by atoms with Gasteiger partial charge in [-0.05, 0) is 78.5 Å². The molecule has 0 heterocycles. The molecule has 0 radical (unpaired) electrons. The van der Waals surface area contributed by atoms with Crippen LogP contribution in [0.3, 0.4) is 0 Å². The van der Waals surface area contributed by atoms with Gasteiger partial charge in [0.25, 0.3) is 0 Å². The Labute approximate surface area is 346 Å². The Morgan fingerprint density at radius 1 is 0.690 bits per heavy atom. The molecule has 320 valence electrons. The van der Waals surface area contributed by atoms with E-state index in [2.05, 4.69) is 21.3 Å². The van der Waals surface area contributed by atoms with Crippen molar-refractivity contribution in [3.8, 4) is 0 Å². The Balaban J connectivity index is 2.43. The first-order valence-corrected chi connectivity index (χ1v) is 20.7. The molecule has 0 bridgehead atoms. The van der Waals surface area contributed by atoms with Crippen molar-refractivity contribution in [2.45, 2.75) is 129 Å². The molecule has 2 aromatic rings. The van der Waals surface area contributed by atoms with E-state index >= 15 is 0 Å². The van der Waals surface area contributed by atoms with Gasteiger partial charge in [-0.2, -0.15) is 0 Å². The third-order valence-corrected chi connectivity index (χ3v) is 10.6. The molecule has 0 aliphatic carbocycles. The standard InChI is InChI=1S/C41H57ClN4O11S/c1-25(2)34(37(50)43-29(22-32(47)56-40(5,6)7)21-31(42)58(53,54)26(3)4)45-38(51)35(28-19-15-12-16-20-28)46-36(49)30(23-33(48)57-41(8,9)10)44-39(52)55-24-27-17-13-11-14-18-27/h11-21,25-26,29-30,34-35H,22-24H2,1-10H3,(H,43,50)(H,44,52)(H,45,51)(H,46,49)/b31-21+/t29-,30+,34+,35+/m1/s1. The molecule has 0 unspecified atom stereocenters. The number of hydrogen-bond acceptors (Lipinski definition) is 11. The van der Waals surface area contributed by atoms with Crippen LogP contribution in [0.15, 0.2) is 71.1 Å². The molecule has 0 aromatic heterocycles. The highest BCUT2D eigenvalue weighted by Gasteiger charge is 2.35. The number of esters is 2. The Bertz CT molecular complexity index is 1870. The minimum atomic E-state index is -3.99. The summed E-state index contributed by atoms with van der Waals surface area (Å²) in [6.07, 6.45) is -1.09. The summed E-state index contributed by atoms with van der Waals surface area (Å²) in [5, 5.41) is 9.34. The van der Waals surface area contributed by atoms with Gasteiger partial charge in [-0.1, -0.05) is 86.1 Å². The number of amides is 4. The van der Waals surface area contributed by atoms with Crippen molar-refractivity contribution >= 4 is 57.2 Å². The molecule has 0 spiro atoms. The number of sulfone groups is 1. The summed E-state index contributed by atoms with van der Waals surface area (Å²) in [4.78, 5) is 80.5. The molecule has 0 aliphatic rings. The van der Waals surface area contributed by atoms with Crippen molar-refractivity contribution in [2.75, 3.05) is 0 Å². The zero-order chi connectivity index (χ0) is 44.0. The molecule has 17 heteroatoms. The summed E-state index contributed by atoms with van der Waals surface area (Å²) in [6.45, 7) is 15.8. The maximum Gasteiger partial charge on any atom is 0.408 e. The molecule has 4 amide bonds. The van der Waals surface area contributed by atoms with E-state index in [0.29, 0.717) is 5.56 Å². The van der Waals surface area contributed by atoms with Gasteiger partial charge in [0.15, 0.2) is 9.84 Å². The molecular weight excluding hydrogens is 792 g/mol. The van der Waals surface area contributed by atoms with Gasteiger partial charge in [0.05, 0.1) is 24.1 Å². The second-order valence-corrected chi connectivity index (χ2v) is 19.2. The minimum absolute atomic E-state index is 0.130. The van der Waals surface area contributed by atoms with Crippen molar-refractivity contribution in [2.24, 2.45) is 5.92 Å². The van der Waals surface area contributed by atoms with Crippen LogP contribution in [-0.2, 0) is 54.6 Å². The second kappa shape index (κ2) is 21.7.